The highest BCUT2D eigenvalue weighted by Gasteiger charge is 2.70. The Hall–Kier alpha value is -1.12. The zero-order valence-corrected chi connectivity index (χ0v) is 14.6. The molecular weight excluding hydrogens is 294 g/mol. The lowest BCUT2D eigenvalue weighted by molar-refractivity contribution is -0.237. The van der Waals surface area contributed by atoms with Gasteiger partial charge in [-0.25, -0.2) is 0 Å². The van der Waals surface area contributed by atoms with Gasteiger partial charge in [-0.05, 0) is 37.0 Å². The summed E-state index contributed by atoms with van der Waals surface area (Å²) in [6, 6.07) is 2.59. The Labute approximate surface area is 138 Å². The summed E-state index contributed by atoms with van der Waals surface area (Å²) >= 11 is 0. The van der Waals surface area contributed by atoms with Crippen LogP contribution in [-0.4, -0.2) is 32.1 Å². The van der Waals surface area contributed by atoms with Crippen LogP contribution >= 0.6 is 0 Å². The van der Waals surface area contributed by atoms with Crippen molar-refractivity contribution in [3.63, 3.8) is 0 Å². The predicted octanol–water partition coefficient (Wildman–Crippen LogP) is 2.89. The van der Waals surface area contributed by atoms with Gasteiger partial charge < -0.3 is 14.2 Å². The van der Waals surface area contributed by atoms with E-state index in [-0.39, 0.29) is 23.2 Å². The van der Waals surface area contributed by atoms with Gasteiger partial charge in [0.25, 0.3) is 0 Å². The first-order valence-corrected chi connectivity index (χ1v) is 8.59. The Morgan fingerprint density at radius 2 is 1.96 bits per heavy atom. The van der Waals surface area contributed by atoms with Crippen molar-refractivity contribution in [2.45, 2.75) is 52.2 Å². The van der Waals surface area contributed by atoms with Crippen molar-refractivity contribution < 1.29 is 19.0 Å². The predicted molar refractivity (Wildman–Crippen MR) is 83.1 cm³/mol. The van der Waals surface area contributed by atoms with Crippen molar-refractivity contribution >= 4 is 5.97 Å². The third-order valence-electron chi connectivity index (χ3n) is 6.89. The summed E-state index contributed by atoms with van der Waals surface area (Å²) in [7, 11) is 1.43. The zero-order valence-electron chi connectivity index (χ0n) is 14.6. The van der Waals surface area contributed by atoms with E-state index >= 15 is 0 Å². The molecule has 5 nitrogen and oxygen atoms in total. The molecule has 3 rings (SSSR count). The van der Waals surface area contributed by atoms with Gasteiger partial charge in [-0.2, -0.15) is 5.26 Å². The van der Waals surface area contributed by atoms with Crippen LogP contribution in [0, 0.1) is 39.9 Å². The number of methoxy groups -OCH3 is 1. The number of esters is 1. The van der Waals surface area contributed by atoms with Crippen LogP contribution in [0.5, 0.6) is 0 Å². The highest BCUT2D eigenvalue weighted by Crippen LogP contribution is 2.68. The van der Waals surface area contributed by atoms with E-state index in [1.54, 1.807) is 0 Å². The molecule has 0 aromatic carbocycles. The van der Waals surface area contributed by atoms with Crippen LogP contribution in [0.1, 0.15) is 46.5 Å². The molecule has 0 amide bonds. The van der Waals surface area contributed by atoms with Gasteiger partial charge in [0.15, 0.2) is 5.79 Å². The number of hydrogen-bond donors (Lipinski definition) is 0. The topological polar surface area (TPSA) is 68.6 Å². The fourth-order valence-electron chi connectivity index (χ4n) is 5.73. The van der Waals surface area contributed by atoms with Gasteiger partial charge in [0.05, 0.1) is 38.2 Å². The highest BCUT2D eigenvalue weighted by molar-refractivity contribution is 5.70. The van der Waals surface area contributed by atoms with Crippen molar-refractivity contribution in [3.05, 3.63) is 0 Å². The zero-order chi connectivity index (χ0) is 16.9. The maximum absolute atomic E-state index is 12.1. The van der Waals surface area contributed by atoms with E-state index in [0.717, 1.165) is 19.3 Å². The number of fused-ring (bicyclic) bond motifs is 2. The van der Waals surface area contributed by atoms with Gasteiger partial charge >= 0.3 is 5.97 Å². The summed E-state index contributed by atoms with van der Waals surface area (Å²) in [5, 5.41) is 10.1. The average molecular weight is 321 g/mol. The Morgan fingerprint density at radius 3 is 2.52 bits per heavy atom. The maximum Gasteiger partial charge on any atom is 0.306 e. The molecule has 0 unspecified atom stereocenters. The molecule has 1 aliphatic heterocycles. The normalized spacial score (nSPS) is 44.7. The molecule has 1 heterocycles. The molecule has 0 aromatic rings. The van der Waals surface area contributed by atoms with Crippen molar-refractivity contribution in [1.29, 1.82) is 5.26 Å². The number of nitrogens with zero attached hydrogens (tertiary/aromatic N) is 1. The van der Waals surface area contributed by atoms with Crippen molar-refractivity contribution in [2.24, 2.45) is 28.6 Å². The molecule has 2 saturated carbocycles. The van der Waals surface area contributed by atoms with Crippen LogP contribution in [-0.2, 0) is 19.0 Å². The SMILES string of the molecule is COC(=O)C[C@]12CCC3(OCCO3)[C@H]1[C@](C)(C#N)[C@H](C)[C@@H](C)C2. The largest absolute Gasteiger partial charge is 0.469 e. The van der Waals surface area contributed by atoms with E-state index in [0.29, 0.717) is 25.6 Å². The first-order chi connectivity index (χ1) is 10.8. The lowest BCUT2D eigenvalue weighted by Crippen LogP contribution is -2.57. The Morgan fingerprint density at radius 1 is 1.30 bits per heavy atom. The van der Waals surface area contributed by atoms with Crippen LogP contribution in [0.2, 0.25) is 0 Å². The molecular formula is C18H27NO4. The number of nitriles is 1. The lowest BCUT2D eigenvalue weighted by atomic mass is 9.48. The minimum Gasteiger partial charge on any atom is -0.469 e. The van der Waals surface area contributed by atoms with E-state index in [1.807, 2.05) is 6.92 Å². The van der Waals surface area contributed by atoms with E-state index in [4.69, 9.17) is 14.2 Å². The monoisotopic (exact) mass is 321 g/mol. The maximum atomic E-state index is 12.1. The number of rotatable bonds is 2. The molecule has 2 aliphatic carbocycles. The van der Waals surface area contributed by atoms with E-state index < -0.39 is 11.2 Å². The quantitative estimate of drug-likeness (QED) is 0.732. The van der Waals surface area contributed by atoms with E-state index in [2.05, 4.69) is 19.9 Å². The summed E-state index contributed by atoms with van der Waals surface area (Å²) < 4.78 is 17.1. The number of carbonyl (C=O) groups is 1. The van der Waals surface area contributed by atoms with Crippen LogP contribution < -0.4 is 0 Å². The number of ether oxygens (including phenoxy) is 3. The third-order valence-corrected chi connectivity index (χ3v) is 6.89. The number of hydrogen-bond acceptors (Lipinski definition) is 5. The van der Waals surface area contributed by atoms with Gasteiger partial charge in [0, 0.05) is 12.3 Å². The van der Waals surface area contributed by atoms with Crippen LogP contribution in [0.4, 0.5) is 0 Å². The Bertz CT molecular complexity index is 536. The molecule has 3 aliphatic rings. The second-order valence-electron chi connectivity index (χ2n) is 7.92. The minimum absolute atomic E-state index is 0.0969. The number of carbonyl (C=O) groups excluding carboxylic acids is 1. The molecule has 5 heteroatoms. The van der Waals surface area contributed by atoms with Crippen LogP contribution in [0.3, 0.4) is 0 Å². The molecule has 0 aromatic heterocycles. The first kappa shape index (κ1) is 16.7. The molecule has 23 heavy (non-hydrogen) atoms. The smallest absolute Gasteiger partial charge is 0.306 e. The molecule has 0 N–H and O–H groups in total. The highest BCUT2D eigenvalue weighted by atomic mass is 16.7. The second-order valence-corrected chi connectivity index (χ2v) is 7.92. The van der Waals surface area contributed by atoms with Crippen molar-refractivity contribution in [1.82, 2.24) is 0 Å². The van der Waals surface area contributed by atoms with Crippen molar-refractivity contribution in [2.75, 3.05) is 20.3 Å². The molecule has 128 valence electrons. The third kappa shape index (κ3) is 2.22. The van der Waals surface area contributed by atoms with Gasteiger partial charge in [-0.3, -0.25) is 4.79 Å². The summed E-state index contributed by atoms with van der Waals surface area (Å²) in [5.74, 6) is -0.400. The van der Waals surface area contributed by atoms with Gasteiger partial charge in [-0.15, -0.1) is 0 Å². The fraction of sp³-hybridized carbons (Fsp3) is 0.889. The molecule has 1 spiro atoms. The molecule has 0 radical (unpaired) electrons. The van der Waals surface area contributed by atoms with Crippen molar-refractivity contribution in [3.8, 4) is 6.07 Å². The fourth-order valence-corrected chi connectivity index (χ4v) is 5.73. The summed E-state index contributed by atoms with van der Waals surface area (Å²) in [5.41, 5.74) is -0.847. The molecule has 5 atom stereocenters. The summed E-state index contributed by atoms with van der Waals surface area (Å²) in [6.45, 7) is 7.50. The van der Waals surface area contributed by atoms with E-state index in [9.17, 15) is 10.1 Å². The standard InChI is InChI=1S/C18H27NO4/c1-12-9-17(10-14(20)21-4)5-6-18(22-7-8-23-18)15(17)16(3,11-19)13(12)2/h12-13,15H,5-10H2,1-4H3/t12-,13+,15-,16+,17+/m0/s1. The van der Waals surface area contributed by atoms with E-state index in [1.165, 1.54) is 7.11 Å². The van der Waals surface area contributed by atoms with Gasteiger partial charge in [0.1, 0.15) is 0 Å². The second kappa shape index (κ2) is 5.46. The summed E-state index contributed by atoms with van der Waals surface area (Å²) in [6.07, 6.45) is 2.86. The van der Waals surface area contributed by atoms with Crippen LogP contribution in [0.25, 0.3) is 0 Å². The molecule has 1 saturated heterocycles. The van der Waals surface area contributed by atoms with Gasteiger partial charge in [-0.1, -0.05) is 13.8 Å². The lowest BCUT2D eigenvalue weighted by Gasteiger charge is -2.55. The Kier molecular flexibility index (Phi) is 3.97. The first-order valence-electron chi connectivity index (χ1n) is 8.59. The molecule has 0 bridgehead atoms. The minimum atomic E-state index is -0.701. The average Bonchev–Trinajstić information content (AvgIpc) is 3.12. The van der Waals surface area contributed by atoms with Gasteiger partial charge in [0.2, 0.25) is 0 Å². The molecule has 3 fully saturated rings. The summed E-state index contributed by atoms with van der Waals surface area (Å²) in [4.78, 5) is 12.1. The Balaban J connectivity index is 2.09. The van der Waals surface area contributed by atoms with Crippen LogP contribution in [0.15, 0.2) is 0 Å².